The number of aryl methyl sites for hydroxylation is 1. The Kier molecular flexibility index (Phi) is 6.09. The summed E-state index contributed by atoms with van der Waals surface area (Å²) in [6.45, 7) is 3.08. The molecule has 0 aliphatic carbocycles. The highest BCUT2D eigenvalue weighted by atomic mass is 35.5. The minimum atomic E-state index is -0.303. The van der Waals surface area contributed by atoms with Crippen LogP contribution >= 0.6 is 11.6 Å². The molecule has 4 rings (SSSR count). The first kappa shape index (κ1) is 20.8. The molecule has 7 heteroatoms. The molecule has 2 N–H and O–H groups in total. The number of para-hydroxylation sites is 2. The molecule has 1 aromatic heterocycles. The SMILES string of the molecule is COc1ccc(NC(=O)NCCn2c(-c3ccc(C)cc3)nc3ccccc32)cc1Cl. The van der Waals surface area contributed by atoms with E-state index in [2.05, 4.69) is 46.4 Å². The van der Waals surface area contributed by atoms with Gasteiger partial charge < -0.3 is 19.9 Å². The first-order chi connectivity index (χ1) is 15.0. The molecule has 31 heavy (non-hydrogen) atoms. The van der Waals surface area contributed by atoms with Gasteiger partial charge in [0.2, 0.25) is 0 Å². The number of imidazole rings is 1. The van der Waals surface area contributed by atoms with Crippen LogP contribution in [-0.4, -0.2) is 29.2 Å². The Labute approximate surface area is 185 Å². The highest BCUT2D eigenvalue weighted by Gasteiger charge is 2.13. The largest absolute Gasteiger partial charge is 0.495 e. The summed E-state index contributed by atoms with van der Waals surface area (Å²) in [6.07, 6.45) is 0. The average molecular weight is 435 g/mol. The summed E-state index contributed by atoms with van der Waals surface area (Å²) >= 11 is 6.12. The zero-order valence-corrected chi connectivity index (χ0v) is 18.1. The van der Waals surface area contributed by atoms with E-state index in [-0.39, 0.29) is 6.03 Å². The average Bonchev–Trinajstić information content (AvgIpc) is 3.13. The minimum absolute atomic E-state index is 0.303. The Morgan fingerprint density at radius 1 is 1.10 bits per heavy atom. The number of hydrogen-bond acceptors (Lipinski definition) is 3. The van der Waals surface area contributed by atoms with E-state index in [0.29, 0.717) is 29.5 Å². The highest BCUT2D eigenvalue weighted by Crippen LogP contribution is 2.27. The number of anilines is 1. The number of rotatable bonds is 6. The van der Waals surface area contributed by atoms with E-state index in [1.54, 1.807) is 25.3 Å². The molecule has 0 radical (unpaired) electrons. The summed E-state index contributed by atoms with van der Waals surface area (Å²) in [5.41, 5.74) is 4.79. The zero-order chi connectivity index (χ0) is 21.8. The first-order valence-electron chi connectivity index (χ1n) is 9.96. The monoisotopic (exact) mass is 434 g/mol. The van der Waals surface area contributed by atoms with Crippen LogP contribution in [0.3, 0.4) is 0 Å². The van der Waals surface area contributed by atoms with Crippen LogP contribution in [0.5, 0.6) is 5.75 Å². The molecule has 3 aromatic carbocycles. The standard InChI is InChI=1S/C24H23ClN4O2/c1-16-7-9-17(10-8-16)23-28-20-5-3-4-6-21(20)29(23)14-13-26-24(30)27-18-11-12-22(31-2)19(25)15-18/h3-12,15H,13-14H2,1-2H3,(H2,26,27,30). The third kappa shape index (κ3) is 4.64. The number of halogens is 1. The van der Waals surface area contributed by atoms with Crippen molar-refractivity contribution in [2.45, 2.75) is 13.5 Å². The number of aromatic nitrogens is 2. The van der Waals surface area contributed by atoms with E-state index >= 15 is 0 Å². The van der Waals surface area contributed by atoms with Crippen molar-refractivity contribution in [3.63, 3.8) is 0 Å². The number of carbonyl (C=O) groups excluding carboxylic acids is 1. The molecule has 158 valence electrons. The van der Waals surface area contributed by atoms with Crippen LogP contribution < -0.4 is 15.4 Å². The molecule has 0 fully saturated rings. The van der Waals surface area contributed by atoms with Crippen LogP contribution in [-0.2, 0) is 6.54 Å². The van der Waals surface area contributed by atoms with Crippen molar-refractivity contribution in [3.8, 4) is 17.1 Å². The van der Waals surface area contributed by atoms with Gasteiger partial charge in [-0.05, 0) is 37.3 Å². The Morgan fingerprint density at radius 2 is 1.87 bits per heavy atom. The molecule has 0 atom stereocenters. The van der Waals surface area contributed by atoms with Gasteiger partial charge in [0.05, 0.1) is 23.2 Å². The number of hydrogen-bond donors (Lipinski definition) is 2. The molecular weight excluding hydrogens is 412 g/mol. The molecule has 0 aliphatic rings. The molecule has 0 spiro atoms. The fourth-order valence-electron chi connectivity index (χ4n) is 3.43. The fourth-order valence-corrected chi connectivity index (χ4v) is 3.68. The number of carbonyl (C=O) groups is 1. The minimum Gasteiger partial charge on any atom is -0.495 e. The third-order valence-corrected chi connectivity index (χ3v) is 5.29. The van der Waals surface area contributed by atoms with Crippen LogP contribution in [0, 0.1) is 6.92 Å². The number of methoxy groups -OCH3 is 1. The van der Waals surface area contributed by atoms with Gasteiger partial charge in [-0.1, -0.05) is 53.6 Å². The lowest BCUT2D eigenvalue weighted by atomic mass is 10.1. The van der Waals surface area contributed by atoms with Gasteiger partial charge in [0, 0.05) is 24.3 Å². The van der Waals surface area contributed by atoms with Crippen LogP contribution in [0.4, 0.5) is 10.5 Å². The van der Waals surface area contributed by atoms with E-state index in [4.69, 9.17) is 21.3 Å². The van der Waals surface area contributed by atoms with Gasteiger partial charge >= 0.3 is 6.03 Å². The van der Waals surface area contributed by atoms with E-state index in [1.165, 1.54) is 5.56 Å². The maximum absolute atomic E-state index is 12.3. The summed E-state index contributed by atoms with van der Waals surface area (Å²) in [5, 5.41) is 6.12. The highest BCUT2D eigenvalue weighted by molar-refractivity contribution is 6.32. The molecule has 2 amide bonds. The summed E-state index contributed by atoms with van der Waals surface area (Å²) in [4.78, 5) is 17.2. The molecule has 0 aliphatic heterocycles. The smallest absolute Gasteiger partial charge is 0.319 e. The van der Waals surface area contributed by atoms with Crippen molar-refractivity contribution in [3.05, 3.63) is 77.3 Å². The predicted octanol–water partition coefficient (Wildman–Crippen LogP) is 5.50. The van der Waals surface area contributed by atoms with Gasteiger partial charge in [-0.2, -0.15) is 0 Å². The second kappa shape index (κ2) is 9.10. The molecule has 6 nitrogen and oxygen atoms in total. The topological polar surface area (TPSA) is 68.2 Å². The number of nitrogens with zero attached hydrogens (tertiary/aromatic N) is 2. The number of benzene rings is 3. The molecule has 0 saturated carbocycles. The van der Waals surface area contributed by atoms with Crippen molar-refractivity contribution < 1.29 is 9.53 Å². The van der Waals surface area contributed by atoms with E-state index in [9.17, 15) is 4.79 Å². The van der Waals surface area contributed by atoms with Gasteiger partial charge in [0.25, 0.3) is 0 Å². The van der Waals surface area contributed by atoms with Gasteiger partial charge in [-0.25, -0.2) is 9.78 Å². The summed E-state index contributed by atoms with van der Waals surface area (Å²) in [6, 6.07) is 21.1. The summed E-state index contributed by atoms with van der Waals surface area (Å²) in [7, 11) is 1.55. The second-order valence-corrected chi connectivity index (χ2v) is 7.58. The van der Waals surface area contributed by atoms with Crippen molar-refractivity contribution in [2.24, 2.45) is 0 Å². The molecule has 4 aromatic rings. The Hall–Kier alpha value is -3.51. The first-order valence-corrected chi connectivity index (χ1v) is 10.3. The number of fused-ring (bicyclic) bond motifs is 1. The van der Waals surface area contributed by atoms with Gasteiger partial charge in [0.15, 0.2) is 0 Å². The van der Waals surface area contributed by atoms with Gasteiger partial charge in [0.1, 0.15) is 11.6 Å². The van der Waals surface area contributed by atoms with Gasteiger partial charge in [-0.15, -0.1) is 0 Å². The second-order valence-electron chi connectivity index (χ2n) is 7.17. The van der Waals surface area contributed by atoms with E-state index in [0.717, 1.165) is 22.4 Å². The zero-order valence-electron chi connectivity index (χ0n) is 17.4. The molecular formula is C24H23ClN4O2. The van der Waals surface area contributed by atoms with Crippen LogP contribution in [0.2, 0.25) is 5.02 Å². The molecule has 0 bridgehead atoms. The van der Waals surface area contributed by atoms with Crippen molar-refractivity contribution in [1.29, 1.82) is 0 Å². The molecule has 1 heterocycles. The molecule has 0 saturated heterocycles. The van der Waals surface area contributed by atoms with Crippen molar-refractivity contribution >= 4 is 34.4 Å². The number of amides is 2. The van der Waals surface area contributed by atoms with Crippen LogP contribution in [0.1, 0.15) is 5.56 Å². The Bertz CT molecular complexity index is 1220. The predicted molar refractivity (Wildman–Crippen MR) is 125 cm³/mol. The number of ether oxygens (including phenoxy) is 1. The lowest BCUT2D eigenvalue weighted by molar-refractivity contribution is 0.251. The quantitative estimate of drug-likeness (QED) is 0.421. The Morgan fingerprint density at radius 3 is 2.61 bits per heavy atom. The maximum atomic E-state index is 12.3. The Balaban J connectivity index is 1.47. The van der Waals surface area contributed by atoms with Crippen LogP contribution in [0.25, 0.3) is 22.4 Å². The lowest BCUT2D eigenvalue weighted by Crippen LogP contribution is -2.31. The fraction of sp³-hybridized carbons (Fsp3) is 0.167. The summed E-state index contributed by atoms with van der Waals surface area (Å²) < 4.78 is 7.26. The maximum Gasteiger partial charge on any atom is 0.319 e. The third-order valence-electron chi connectivity index (χ3n) is 4.99. The van der Waals surface area contributed by atoms with Gasteiger partial charge in [-0.3, -0.25) is 0 Å². The number of nitrogens with one attached hydrogen (secondary N) is 2. The normalized spacial score (nSPS) is 10.8. The van der Waals surface area contributed by atoms with Crippen LogP contribution in [0.15, 0.2) is 66.7 Å². The van der Waals surface area contributed by atoms with Crippen molar-refractivity contribution in [1.82, 2.24) is 14.9 Å². The summed E-state index contributed by atoms with van der Waals surface area (Å²) in [5.74, 6) is 1.44. The van der Waals surface area contributed by atoms with Crippen molar-refractivity contribution in [2.75, 3.05) is 19.0 Å². The van der Waals surface area contributed by atoms with E-state index in [1.807, 2.05) is 24.3 Å². The molecule has 0 unspecified atom stereocenters. The van der Waals surface area contributed by atoms with E-state index < -0.39 is 0 Å². The lowest BCUT2D eigenvalue weighted by Gasteiger charge is -2.12. The number of urea groups is 1.